The highest BCUT2D eigenvalue weighted by molar-refractivity contribution is 5.73. The van der Waals surface area contributed by atoms with Gasteiger partial charge in [-0.15, -0.1) is 0 Å². The molecule has 58 valence electrons. The molecule has 6 N–H and O–H groups in total. The van der Waals surface area contributed by atoms with Gasteiger partial charge in [0.2, 0.25) is 0 Å². The van der Waals surface area contributed by atoms with Crippen molar-refractivity contribution in [3.05, 3.63) is 0 Å². The average Bonchev–Trinajstić information content (AvgIpc) is 1.87. The highest BCUT2D eigenvalue weighted by atomic mass is 16.2. The number of urea groups is 1. The predicted octanol–water partition coefficient (Wildman–Crippen LogP) is -1.34. The minimum atomic E-state index is -0.653. The monoisotopic (exact) mass is 145 g/mol. The minimum absolute atomic E-state index is 0.131. The molecule has 0 aliphatic carbocycles. The van der Waals surface area contributed by atoms with E-state index in [1.807, 2.05) is 6.92 Å². The number of nitrogens with two attached hydrogens (primary N) is 1. The Morgan fingerprint density at radius 2 is 2.60 bits per heavy atom. The Kier molecular flexibility index (Phi) is 4.23. The molecule has 0 unspecified atom stereocenters. The summed E-state index contributed by atoms with van der Waals surface area (Å²) in [4.78, 5) is 10.0. The van der Waals surface area contributed by atoms with Gasteiger partial charge in [-0.25, -0.2) is 10.2 Å². The van der Waals surface area contributed by atoms with Crippen molar-refractivity contribution in [2.75, 3.05) is 0 Å². The first kappa shape index (κ1) is 8.90. The van der Waals surface area contributed by atoms with Crippen molar-refractivity contribution in [3.8, 4) is 0 Å². The van der Waals surface area contributed by atoms with Gasteiger partial charge in [0.1, 0.15) is 6.04 Å². The summed E-state index contributed by atoms with van der Waals surface area (Å²) in [6, 6.07) is -0.522. The normalized spacial score (nSPS) is 13.4. The molecule has 0 aromatic carbocycles. The van der Waals surface area contributed by atoms with Gasteiger partial charge in [0.25, 0.3) is 0 Å². The van der Waals surface area contributed by atoms with Gasteiger partial charge in [0, 0.05) is 6.42 Å². The van der Waals surface area contributed by atoms with E-state index in [4.69, 9.17) is 5.73 Å². The Balaban J connectivity index is 3.45. The molecule has 0 aliphatic rings. The molecule has 10 heavy (non-hydrogen) atoms. The Hall–Kier alpha value is -1.10. The number of nitrogens with zero attached hydrogens (tertiary/aromatic N) is 1. The van der Waals surface area contributed by atoms with Crippen LogP contribution in [0.25, 0.3) is 0 Å². The van der Waals surface area contributed by atoms with Crippen LogP contribution in [0.3, 0.4) is 0 Å². The van der Waals surface area contributed by atoms with E-state index in [1.165, 1.54) is 0 Å². The molecular formula is C5H13N4O+. The number of carbonyl (C=O) groups is 1. The second kappa shape index (κ2) is 4.75. The van der Waals surface area contributed by atoms with E-state index in [2.05, 4.69) is 16.3 Å². The molecule has 0 aliphatic heterocycles. The van der Waals surface area contributed by atoms with Crippen LogP contribution in [0, 0.1) is 0 Å². The van der Waals surface area contributed by atoms with Crippen LogP contribution in [0.5, 0.6) is 0 Å². The van der Waals surface area contributed by atoms with Gasteiger partial charge in [-0.1, -0.05) is 6.92 Å². The summed E-state index contributed by atoms with van der Waals surface area (Å²) < 4.78 is 0. The summed E-state index contributed by atoms with van der Waals surface area (Å²) in [6.07, 6.45) is 2.44. The van der Waals surface area contributed by atoms with E-state index >= 15 is 0 Å². The second-order valence-corrected chi connectivity index (χ2v) is 1.92. The molecule has 0 heterocycles. The van der Waals surface area contributed by atoms with Crippen molar-refractivity contribution < 1.29 is 10.5 Å². The first-order chi connectivity index (χ1) is 4.66. The molecule has 0 aromatic heterocycles. The average molecular weight is 145 g/mol. The number of amides is 2. The Bertz CT molecular complexity index is 134. The maximum absolute atomic E-state index is 10.0. The third-order valence-corrected chi connectivity index (χ3v) is 0.984. The highest BCUT2D eigenvalue weighted by Crippen LogP contribution is 1.75. The van der Waals surface area contributed by atoms with Crippen molar-refractivity contribution in [2.45, 2.75) is 19.4 Å². The number of hydrogen-bond donors (Lipinski definition) is 3. The quantitative estimate of drug-likeness (QED) is 0.332. The van der Waals surface area contributed by atoms with Crippen LogP contribution in [-0.4, -0.2) is 18.3 Å². The zero-order valence-corrected chi connectivity index (χ0v) is 6.00. The SMILES string of the molecule is CC[C@H]([NH3+])/C=N\NC(N)=O. The molecule has 5 nitrogen and oxygen atoms in total. The fraction of sp³-hybridized carbons (Fsp3) is 0.600. The maximum atomic E-state index is 10.0. The molecule has 1 atom stereocenters. The number of quaternary nitrogens is 1. The summed E-state index contributed by atoms with van der Waals surface area (Å²) in [7, 11) is 0. The summed E-state index contributed by atoms with van der Waals surface area (Å²) in [5.74, 6) is 0. The Morgan fingerprint density at radius 1 is 2.00 bits per heavy atom. The molecule has 0 saturated carbocycles. The van der Waals surface area contributed by atoms with Crippen molar-refractivity contribution in [3.63, 3.8) is 0 Å². The summed E-state index contributed by atoms with van der Waals surface area (Å²) in [6.45, 7) is 1.98. The third kappa shape index (κ3) is 5.04. The zero-order chi connectivity index (χ0) is 7.98. The van der Waals surface area contributed by atoms with E-state index in [0.717, 1.165) is 6.42 Å². The molecule has 0 spiro atoms. The molecule has 0 aromatic rings. The van der Waals surface area contributed by atoms with Gasteiger partial charge in [-0.05, 0) is 0 Å². The predicted molar refractivity (Wildman–Crippen MR) is 38.2 cm³/mol. The zero-order valence-electron chi connectivity index (χ0n) is 6.00. The summed E-state index contributed by atoms with van der Waals surface area (Å²) >= 11 is 0. The fourth-order valence-electron chi connectivity index (χ4n) is 0.312. The smallest absolute Gasteiger partial charge is 0.332 e. The van der Waals surface area contributed by atoms with Crippen LogP contribution in [-0.2, 0) is 0 Å². The van der Waals surface area contributed by atoms with Gasteiger partial charge in [-0.2, -0.15) is 5.10 Å². The van der Waals surface area contributed by atoms with Crippen molar-refractivity contribution in [1.82, 2.24) is 5.43 Å². The first-order valence-corrected chi connectivity index (χ1v) is 3.08. The van der Waals surface area contributed by atoms with Crippen LogP contribution in [0.1, 0.15) is 13.3 Å². The number of primary amides is 1. The molecule has 2 amide bonds. The Labute approximate surface area is 59.5 Å². The standard InChI is InChI=1S/C5H12N4O/c1-2-4(6)3-8-9-5(7)10/h3-4H,2,6H2,1H3,(H3,7,9,10)/p+1/b8-3-/t4-/m0/s1. The number of rotatable bonds is 3. The van der Waals surface area contributed by atoms with Crippen molar-refractivity contribution in [2.24, 2.45) is 10.8 Å². The summed E-state index contributed by atoms with van der Waals surface area (Å²) in [5, 5.41) is 3.53. The molecule has 0 rings (SSSR count). The molecule has 0 fully saturated rings. The van der Waals surface area contributed by atoms with Crippen LogP contribution in [0.2, 0.25) is 0 Å². The van der Waals surface area contributed by atoms with E-state index in [-0.39, 0.29) is 6.04 Å². The minimum Gasteiger partial charge on any atom is -0.351 e. The largest absolute Gasteiger partial charge is 0.351 e. The van der Waals surface area contributed by atoms with Gasteiger partial charge in [-0.3, -0.25) is 0 Å². The lowest BCUT2D eigenvalue weighted by Gasteiger charge is -1.94. The number of carbonyl (C=O) groups excluding carboxylic acids is 1. The number of nitrogens with one attached hydrogen (secondary N) is 1. The lowest BCUT2D eigenvalue weighted by Crippen LogP contribution is -2.61. The van der Waals surface area contributed by atoms with Gasteiger partial charge < -0.3 is 11.5 Å². The van der Waals surface area contributed by atoms with E-state index < -0.39 is 6.03 Å². The van der Waals surface area contributed by atoms with Crippen LogP contribution >= 0.6 is 0 Å². The van der Waals surface area contributed by atoms with Crippen molar-refractivity contribution in [1.29, 1.82) is 0 Å². The van der Waals surface area contributed by atoms with E-state index in [9.17, 15) is 4.79 Å². The van der Waals surface area contributed by atoms with Gasteiger partial charge >= 0.3 is 6.03 Å². The molecular weight excluding hydrogens is 132 g/mol. The molecule has 0 radical (unpaired) electrons. The van der Waals surface area contributed by atoms with Crippen molar-refractivity contribution >= 4 is 12.2 Å². The van der Waals surface area contributed by atoms with E-state index in [0.29, 0.717) is 0 Å². The van der Waals surface area contributed by atoms with Gasteiger partial charge in [0.05, 0.1) is 6.21 Å². The topological polar surface area (TPSA) is 95.1 Å². The van der Waals surface area contributed by atoms with Crippen LogP contribution < -0.4 is 16.9 Å². The second-order valence-electron chi connectivity index (χ2n) is 1.92. The van der Waals surface area contributed by atoms with E-state index in [1.54, 1.807) is 6.21 Å². The first-order valence-electron chi connectivity index (χ1n) is 3.08. The third-order valence-electron chi connectivity index (χ3n) is 0.984. The fourth-order valence-corrected chi connectivity index (χ4v) is 0.312. The lowest BCUT2D eigenvalue weighted by atomic mass is 10.3. The molecule has 0 saturated heterocycles. The molecule has 5 heteroatoms. The molecule has 0 bridgehead atoms. The number of hydrazone groups is 1. The number of hydrogen-bond acceptors (Lipinski definition) is 2. The Morgan fingerprint density at radius 3 is 3.00 bits per heavy atom. The van der Waals surface area contributed by atoms with Crippen LogP contribution in [0.15, 0.2) is 5.10 Å². The van der Waals surface area contributed by atoms with Crippen LogP contribution in [0.4, 0.5) is 4.79 Å². The van der Waals surface area contributed by atoms with Gasteiger partial charge in [0.15, 0.2) is 0 Å². The summed E-state index contributed by atoms with van der Waals surface area (Å²) in [5.41, 5.74) is 10.5. The lowest BCUT2D eigenvalue weighted by molar-refractivity contribution is -0.393. The maximum Gasteiger partial charge on any atom is 0.332 e. The highest BCUT2D eigenvalue weighted by Gasteiger charge is 1.95.